The number of allylic oxidation sites excluding steroid dienone is 1. The first-order chi connectivity index (χ1) is 14.6. The van der Waals surface area contributed by atoms with Crippen LogP contribution in [-0.4, -0.2) is 29.8 Å². The second kappa shape index (κ2) is 10.2. The van der Waals surface area contributed by atoms with Gasteiger partial charge in [-0.05, 0) is 36.6 Å². The van der Waals surface area contributed by atoms with Crippen molar-refractivity contribution in [3.05, 3.63) is 65.6 Å². The van der Waals surface area contributed by atoms with Gasteiger partial charge in [0.2, 0.25) is 5.82 Å². The average Bonchev–Trinajstić information content (AvgIpc) is 3.26. The lowest BCUT2D eigenvalue weighted by Crippen LogP contribution is -2.15. The Labute approximate surface area is 175 Å². The fourth-order valence-corrected chi connectivity index (χ4v) is 2.74. The van der Waals surface area contributed by atoms with Gasteiger partial charge < -0.3 is 18.7 Å². The molecule has 0 aliphatic heterocycles. The van der Waals surface area contributed by atoms with Gasteiger partial charge >= 0.3 is 5.97 Å². The van der Waals surface area contributed by atoms with Crippen molar-refractivity contribution >= 4 is 12.0 Å². The molecular weight excluding hydrogens is 384 g/mol. The molecule has 2 aromatic carbocycles. The summed E-state index contributed by atoms with van der Waals surface area (Å²) in [7, 11) is 1.54. The van der Waals surface area contributed by atoms with Crippen LogP contribution in [0.25, 0.3) is 17.5 Å². The van der Waals surface area contributed by atoms with Crippen molar-refractivity contribution in [2.75, 3.05) is 13.7 Å². The summed E-state index contributed by atoms with van der Waals surface area (Å²) in [6.45, 7) is 3.63. The smallest absolute Gasteiger partial charge is 0.344 e. The highest BCUT2D eigenvalue weighted by Crippen LogP contribution is 2.28. The minimum atomic E-state index is -0.554. The fourth-order valence-electron chi connectivity index (χ4n) is 2.74. The fraction of sp³-hybridized carbons (Fsp3) is 0.261. The van der Waals surface area contributed by atoms with E-state index < -0.39 is 5.97 Å². The van der Waals surface area contributed by atoms with Crippen molar-refractivity contribution in [3.63, 3.8) is 0 Å². The summed E-state index contributed by atoms with van der Waals surface area (Å²) < 4.78 is 21.1. The molecule has 0 atom stereocenters. The molecule has 0 fully saturated rings. The maximum absolute atomic E-state index is 12.0. The third kappa shape index (κ3) is 5.47. The molecule has 7 heteroatoms. The number of aryl methyl sites for hydroxylation is 1. The van der Waals surface area contributed by atoms with Crippen LogP contribution in [0.4, 0.5) is 0 Å². The minimum absolute atomic E-state index is 0.125. The third-order valence-electron chi connectivity index (χ3n) is 4.34. The van der Waals surface area contributed by atoms with Crippen LogP contribution in [0.2, 0.25) is 0 Å². The summed E-state index contributed by atoms with van der Waals surface area (Å²) in [5.41, 5.74) is 3.04. The van der Waals surface area contributed by atoms with Crippen LogP contribution in [0, 0.1) is 0 Å². The molecule has 0 saturated heterocycles. The van der Waals surface area contributed by atoms with Crippen LogP contribution in [0.3, 0.4) is 0 Å². The van der Waals surface area contributed by atoms with Crippen LogP contribution < -0.4 is 9.47 Å². The maximum atomic E-state index is 12.0. The van der Waals surface area contributed by atoms with Crippen LogP contribution in [-0.2, 0) is 22.6 Å². The number of ether oxygens (including phenoxy) is 3. The van der Waals surface area contributed by atoms with Gasteiger partial charge in [-0.1, -0.05) is 54.6 Å². The molecule has 3 rings (SSSR count). The zero-order valence-corrected chi connectivity index (χ0v) is 17.3. The van der Waals surface area contributed by atoms with E-state index in [4.69, 9.17) is 18.7 Å². The summed E-state index contributed by atoms with van der Waals surface area (Å²) in [5.74, 6) is 1.10. The Morgan fingerprint density at radius 2 is 1.93 bits per heavy atom. The van der Waals surface area contributed by atoms with Crippen LogP contribution >= 0.6 is 0 Å². The molecule has 0 amide bonds. The molecule has 0 N–H and O–H groups in total. The van der Waals surface area contributed by atoms with Gasteiger partial charge in [0, 0.05) is 5.56 Å². The van der Waals surface area contributed by atoms with Gasteiger partial charge in [-0.15, -0.1) is 0 Å². The van der Waals surface area contributed by atoms with Gasteiger partial charge in [-0.2, -0.15) is 4.98 Å². The Kier molecular flexibility index (Phi) is 7.21. The van der Waals surface area contributed by atoms with E-state index in [-0.39, 0.29) is 19.1 Å². The molecule has 0 aliphatic carbocycles. The van der Waals surface area contributed by atoms with E-state index in [2.05, 4.69) is 17.1 Å². The van der Waals surface area contributed by atoms with E-state index in [1.54, 1.807) is 13.2 Å². The van der Waals surface area contributed by atoms with Crippen LogP contribution in [0.15, 0.2) is 53.1 Å². The molecule has 0 bridgehead atoms. The molecular formula is C23H24N2O5. The molecule has 7 nitrogen and oxygen atoms in total. The molecule has 30 heavy (non-hydrogen) atoms. The average molecular weight is 408 g/mol. The SMILES string of the molecule is C/C=C/c1ccc(OCC(=O)OCc2nc(-c3ccc(CC)cc3)no2)c(OC)c1. The standard InChI is InChI=1S/C23H24N2O5/c1-4-6-17-9-12-19(20(13-17)27-3)28-15-22(26)29-14-21-24-23(25-30-21)18-10-7-16(5-2)8-11-18/h4,6-13H,5,14-15H2,1-3H3/b6-4+. The van der Waals surface area contributed by atoms with E-state index in [1.165, 1.54) is 5.56 Å². The Bertz CT molecular complexity index is 1010. The Balaban J connectivity index is 1.52. The molecule has 0 unspecified atom stereocenters. The van der Waals surface area contributed by atoms with E-state index >= 15 is 0 Å². The van der Waals surface area contributed by atoms with Gasteiger partial charge in [0.15, 0.2) is 24.7 Å². The number of carbonyl (C=O) groups excluding carboxylic acids is 1. The molecule has 3 aromatic rings. The summed E-state index contributed by atoms with van der Waals surface area (Å²) in [6.07, 6.45) is 4.83. The molecule has 0 saturated carbocycles. The van der Waals surface area contributed by atoms with Crippen molar-refractivity contribution < 1.29 is 23.5 Å². The number of nitrogens with zero attached hydrogens (tertiary/aromatic N) is 2. The van der Waals surface area contributed by atoms with Crippen molar-refractivity contribution in [2.45, 2.75) is 26.9 Å². The first-order valence-corrected chi connectivity index (χ1v) is 9.64. The highest BCUT2D eigenvalue weighted by atomic mass is 16.6. The predicted molar refractivity (Wildman–Crippen MR) is 112 cm³/mol. The molecule has 156 valence electrons. The topological polar surface area (TPSA) is 83.7 Å². The minimum Gasteiger partial charge on any atom is -0.493 e. The number of carbonyl (C=O) groups is 1. The first-order valence-electron chi connectivity index (χ1n) is 9.64. The van der Waals surface area contributed by atoms with Crippen molar-refractivity contribution in [3.8, 4) is 22.9 Å². The first kappa shape index (κ1) is 21.1. The number of methoxy groups -OCH3 is 1. The Morgan fingerprint density at radius 1 is 1.13 bits per heavy atom. The lowest BCUT2D eigenvalue weighted by molar-refractivity contribution is -0.148. The summed E-state index contributed by atoms with van der Waals surface area (Å²) in [6, 6.07) is 13.3. The van der Waals surface area contributed by atoms with Gasteiger partial charge in [-0.25, -0.2) is 4.79 Å². The summed E-state index contributed by atoms with van der Waals surface area (Å²) in [4.78, 5) is 16.3. The van der Waals surface area contributed by atoms with Gasteiger partial charge in [0.1, 0.15) is 0 Å². The molecule has 0 radical (unpaired) electrons. The molecule has 1 aromatic heterocycles. The Morgan fingerprint density at radius 3 is 2.63 bits per heavy atom. The van der Waals surface area contributed by atoms with E-state index in [0.717, 1.165) is 17.5 Å². The second-order valence-electron chi connectivity index (χ2n) is 6.42. The highest BCUT2D eigenvalue weighted by molar-refractivity contribution is 5.71. The maximum Gasteiger partial charge on any atom is 0.344 e. The second-order valence-corrected chi connectivity index (χ2v) is 6.42. The zero-order chi connectivity index (χ0) is 21.3. The predicted octanol–water partition coefficient (Wildman–Crippen LogP) is 4.46. The summed E-state index contributed by atoms with van der Waals surface area (Å²) >= 11 is 0. The third-order valence-corrected chi connectivity index (χ3v) is 4.34. The van der Waals surface area contributed by atoms with Crippen molar-refractivity contribution in [1.29, 1.82) is 0 Å². The number of rotatable bonds is 9. The molecule has 0 spiro atoms. The highest BCUT2D eigenvalue weighted by Gasteiger charge is 2.13. The summed E-state index contributed by atoms with van der Waals surface area (Å²) in [5, 5.41) is 3.93. The number of esters is 1. The zero-order valence-electron chi connectivity index (χ0n) is 17.3. The van der Waals surface area contributed by atoms with Crippen LogP contribution in [0.5, 0.6) is 11.5 Å². The number of hydrogen-bond acceptors (Lipinski definition) is 7. The molecule has 0 aliphatic rings. The van der Waals surface area contributed by atoms with Gasteiger partial charge in [-0.3, -0.25) is 0 Å². The molecule has 1 heterocycles. The van der Waals surface area contributed by atoms with E-state index in [9.17, 15) is 4.79 Å². The van der Waals surface area contributed by atoms with Crippen molar-refractivity contribution in [2.24, 2.45) is 0 Å². The number of aromatic nitrogens is 2. The van der Waals surface area contributed by atoms with Crippen LogP contribution in [0.1, 0.15) is 30.9 Å². The lowest BCUT2D eigenvalue weighted by atomic mass is 10.1. The Hall–Kier alpha value is -3.61. The number of hydrogen-bond donors (Lipinski definition) is 0. The van der Waals surface area contributed by atoms with Crippen molar-refractivity contribution in [1.82, 2.24) is 10.1 Å². The number of benzene rings is 2. The van der Waals surface area contributed by atoms with E-state index in [1.807, 2.05) is 55.5 Å². The lowest BCUT2D eigenvalue weighted by Gasteiger charge is -2.10. The van der Waals surface area contributed by atoms with E-state index in [0.29, 0.717) is 17.3 Å². The normalized spacial score (nSPS) is 10.9. The largest absolute Gasteiger partial charge is 0.493 e. The van der Waals surface area contributed by atoms with Gasteiger partial charge in [0.05, 0.1) is 7.11 Å². The quantitative estimate of drug-likeness (QED) is 0.483. The monoisotopic (exact) mass is 408 g/mol. The van der Waals surface area contributed by atoms with Gasteiger partial charge in [0.25, 0.3) is 5.89 Å².